The summed E-state index contributed by atoms with van der Waals surface area (Å²) in [5.41, 5.74) is 0.473. The highest BCUT2D eigenvalue weighted by molar-refractivity contribution is 5.43. The number of hydrogen-bond donors (Lipinski definition) is 2. The monoisotopic (exact) mass is 295 g/mol. The molecule has 0 bridgehead atoms. The quantitative estimate of drug-likeness (QED) is 0.734. The molecule has 1 aromatic carbocycles. The van der Waals surface area contributed by atoms with E-state index in [1.165, 1.54) is 0 Å². The van der Waals surface area contributed by atoms with E-state index in [4.69, 9.17) is 9.47 Å². The first-order valence-corrected chi connectivity index (χ1v) is 7.65. The maximum Gasteiger partial charge on any atom is 0.161 e. The lowest BCUT2D eigenvalue weighted by Gasteiger charge is -2.27. The van der Waals surface area contributed by atoms with Crippen LogP contribution in [0.3, 0.4) is 0 Å². The molecule has 0 aliphatic rings. The van der Waals surface area contributed by atoms with Crippen LogP contribution in [0.1, 0.15) is 51.6 Å². The molecule has 2 atom stereocenters. The first kappa shape index (κ1) is 17.8. The topological polar surface area (TPSA) is 50.7 Å². The maximum absolute atomic E-state index is 10.3. The van der Waals surface area contributed by atoms with Crippen LogP contribution in [-0.4, -0.2) is 31.5 Å². The zero-order chi connectivity index (χ0) is 15.9. The average Bonchev–Trinajstić information content (AvgIpc) is 2.47. The van der Waals surface area contributed by atoms with Crippen LogP contribution in [0.2, 0.25) is 0 Å². The van der Waals surface area contributed by atoms with Gasteiger partial charge in [-0.1, -0.05) is 26.3 Å². The molecular weight excluding hydrogens is 266 g/mol. The molecule has 2 N–H and O–H groups in total. The van der Waals surface area contributed by atoms with Crippen LogP contribution in [-0.2, 0) is 0 Å². The number of hydrogen-bond acceptors (Lipinski definition) is 4. The van der Waals surface area contributed by atoms with Gasteiger partial charge in [-0.15, -0.1) is 0 Å². The van der Waals surface area contributed by atoms with Gasteiger partial charge in [0.1, 0.15) is 0 Å². The van der Waals surface area contributed by atoms with Crippen molar-refractivity contribution in [2.75, 3.05) is 20.8 Å². The molecule has 0 aliphatic carbocycles. The first-order valence-electron chi connectivity index (χ1n) is 7.65. The van der Waals surface area contributed by atoms with Gasteiger partial charge in [-0.3, -0.25) is 0 Å². The molecule has 0 saturated heterocycles. The van der Waals surface area contributed by atoms with Gasteiger partial charge in [0.2, 0.25) is 0 Å². The van der Waals surface area contributed by atoms with Gasteiger partial charge in [-0.2, -0.15) is 0 Å². The standard InChI is InChI=1S/C17H29NO3/c1-6-10-17(3,19)12-18-14(7-2)13-8-9-15(20-4)16(11-13)21-5/h8-9,11,14,18-19H,6-7,10,12H2,1-5H3. The molecule has 0 spiro atoms. The van der Waals surface area contributed by atoms with Crippen LogP contribution in [0.25, 0.3) is 0 Å². The van der Waals surface area contributed by atoms with Crippen LogP contribution in [0.4, 0.5) is 0 Å². The Balaban J connectivity index is 2.80. The normalized spacial score (nSPS) is 15.3. The van der Waals surface area contributed by atoms with Crippen molar-refractivity contribution in [1.29, 1.82) is 0 Å². The largest absolute Gasteiger partial charge is 0.493 e. The highest BCUT2D eigenvalue weighted by Crippen LogP contribution is 2.31. The molecule has 21 heavy (non-hydrogen) atoms. The number of nitrogens with one attached hydrogen (secondary N) is 1. The summed E-state index contributed by atoms with van der Waals surface area (Å²) in [4.78, 5) is 0. The molecule has 0 heterocycles. The predicted octanol–water partition coefficient (Wildman–Crippen LogP) is 3.30. The van der Waals surface area contributed by atoms with E-state index in [-0.39, 0.29) is 6.04 Å². The first-order chi connectivity index (χ1) is 9.97. The second kappa shape index (κ2) is 8.25. The second-order valence-electron chi connectivity index (χ2n) is 5.70. The molecule has 0 aliphatic heterocycles. The number of rotatable bonds is 9. The van der Waals surface area contributed by atoms with Crippen LogP contribution in [0, 0.1) is 0 Å². The fourth-order valence-electron chi connectivity index (χ4n) is 2.54. The summed E-state index contributed by atoms with van der Waals surface area (Å²) in [5, 5.41) is 13.7. The number of methoxy groups -OCH3 is 2. The Hall–Kier alpha value is -1.26. The van der Waals surface area contributed by atoms with E-state index in [1.807, 2.05) is 25.1 Å². The molecule has 4 nitrogen and oxygen atoms in total. The van der Waals surface area contributed by atoms with Crippen molar-refractivity contribution in [2.45, 2.75) is 51.7 Å². The van der Waals surface area contributed by atoms with Crippen LogP contribution < -0.4 is 14.8 Å². The molecule has 0 aromatic heterocycles. The minimum atomic E-state index is -0.668. The highest BCUT2D eigenvalue weighted by atomic mass is 16.5. The third-order valence-corrected chi connectivity index (χ3v) is 3.74. The van der Waals surface area contributed by atoms with Crippen molar-refractivity contribution in [2.24, 2.45) is 0 Å². The van der Waals surface area contributed by atoms with Crippen molar-refractivity contribution in [3.05, 3.63) is 23.8 Å². The number of aliphatic hydroxyl groups is 1. The molecule has 2 unspecified atom stereocenters. The van der Waals surface area contributed by atoms with Crippen LogP contribution >= 0.6 is 0 Å². The third-order valence-electron chi connectivity index (χ3n) is 3.74. The molecule has 0 saturated carbocycles. The van der Waals surface area contributed by atoms with Gasteiger partial charge >= 0.3 is 0 Å². The summed E-state index contributed by atoms with van der Waals surface area (Å²) in [6.07, 6.45) is 2.71. The molecule has 0 amide bonds. The zero-order valence-electron chi connectivity index (χ0n) is 13.9. The van der Waals surface area contributed by atoms with E-state index in [9.17, 15) is 5.11 Å². The van der Waals surface area contributed by atoms with E-state index in [2.05, 4.69) is 19.2 Å². The van der Waals surface area contributed by atoms with Gasteiger partial charge in [-0.25, -0.2) is 0 Å². The Labute approximate surface area is 128 Å². The van der Waals surface area contributed by atoms with Crippen LogP contribution in [0.15, 0.2) is 18.2 Å². The van der Waals surface area contributed by atoms with E-state index in [0.29, 0.717) is 6.54 Å². The van der Waals surface area contributed by atoms with Gasteiger partial charge in [0, 0.05) is 12.6 Å². The predicted molar refractivity (Wildman–Crippen MR) is 86.1 cm³/mol. The van der Waals surface area contributed by atoms with Crippen molar-refractivity contribution >= 4 is 0 Å². The van der Waals surface area contributed by atoms with Crippen molar-refractivity contribution in [3.63, 3.8) is 0 Å². The minimum Gasteiger partial charge on any atom is -0.493 e. The SMILES string of the molecule is CCCC(C)(O)CNC(CC)c1ccc(OC)c(OC)c1. The molecule has 0 fully saturated rings. The van der Waals surface area contributed by atoms with Gasteiger partial charge in [0.05, 0.1) is 19.8 Å². The van der Waals surface area contributed by atoms with E-state index in [1.54, 1.807) is 14.2 Å². The maximum atomic E-state index is 10.3. The Morgan fingerprint density at radius 2 is 1.86 bits per heavy atom. The van der Waals surface area contributed by atoms with Gasteiger partial charge in [-0.05, 0) is 37.5 Å². The Kier molecular flexibility index (Phi) is 6.99. The van der Waals surface area contributed by atoms with Crippen molar-refractivity contribution < 1.29 is 14.6 Å². The average molecular weight is 295 g/mol. The van der Waals surface area contributed by atoms with Crippen molar-refractivity contribution in [3.8, 4) is 11.5 Å². The Morgan fingerprint density at radius 3 is 2.38 bits per heavy atom. The molecule has 120 valence electrons. The minimum absolute atomic E-state index is 0.188. The second-order valence-corrected chi connectivity index (χ2v) is 5.70. The lowest BCUT2D eigenvalue weighted by atomic mass is 9.98. The summed E-state index contributed by atoms with van der Waals surface area (Å²) < 4.78 is 10.6. The van der Waals surface area contributed by atoms with Gasteiger partial charge in [0.15, 0.2) is 11.5 Å². The summed E-state index contributed by atoms with van der Waals surface area (Å²) in [6, 6.07) is 6.14. The summed E-state index contributed by atoms with van der Waals surface area (Å²) in [6.45, 7) is 6.67. The van der Waals surface area contributed by atoms with E-state index < -0.39 is 5.60 Å². The lowest BCUT2D eigenvalue weighted by Crippen LogP contribution is -2.39. The van der Waals surface area contributed by atoms with Crippen LogP contribution in [0.5, 0.6) is 11.5 Å². The summed E-state index contributed by atoms with van der Waals surface area (Å²) >= 11 is 0. The summed E-state index contributed by atoms with van der Waals surface area (Å²) in [7, 11) is 3.27. The molecule has 0 radical (unpaired) electrons. The van der Waals surface area contributed by atoms with Crippen molar-refractivity contribution in [1.82, 2.24) is 5.32 Å². The fraction of sp³-hybridized carbons (Fsp3) is 0.647. The number of benzene rings is 1. The molecule has 1 rings (SSSR count). The Morgan fingerprint density at radius 1 is 1.19 bits per heavy atom. The molecular formula is C17H29NO3. The Bertz CT molecular complexity index is 432. The van der Waals surface area contributed by atoms with E-state index in [0.717, 1.165) is 36.3 Å². The summed E-state index contributed by atoms with van der Waals surface area (Å²) in [5.74, 6) is 1.46. The lowest BCUT2D eigenvalue weighted by molar-refractivity contribution is 0.0469. The van der Waals surface area contributed by atoms with E-state index >= 15 is 0 Å². The fourth-order valence-corrected chi connectivity index (χ4v) is 2.54. The third kappa shape index (κ3) is 5.21. The zero-order valence-corrected chi connectivity index (χ0v) is 13.9. The molecule has 1 aromatic rings. The van der Waals surface area contributed by atoms with Gasteiger partial charge in [0.25, 0.3) is 0 Å². The molecule has 4 heteroatoms. The smallest absolute Gasteiger partial charge is 0.161 e. The highest BCUT2D eigenvalue weighted by Gasteiger charge is 2.21. The number of ether oxygens (including phenoxy) is 2. The van der Waals surface area contributed by atoms with Gasteiger partial charge < -0.3 is 19.9 Å².